The number of carbonyl (C=O) groups is 6. The Labute approximate surface area is 341 Å². The molecule has 2 unspecified atom stereocenters. The molecule has 4 aliphatic rings. The molecular formula is C45H49NO13. The minimum Gasteiger partial charge on any atom is -0.460 e. The number of amides is 1. The predicted molar refractivity (Wildman–Crippen MR) is 207 cm³/mol. The summed E-state index contributed by atoms with van der Waals surface area (Å²) in [6.45, 7) is 6.88. The molecule has 4 N–H and O–H groups in total. The van der Waals surface area contributed by atoms with Crippen LogP contribution in [0.25, 0.3) is 0 Å². The summed E-state index contributed by atoms with van der Waals surface area (Å²) in [4.78, 5) is 84.2. The number of fused-ring (bicyclic) bond motifs is 5. The maximum Gasteiger partial charge on any atom is 0.338 e. The summed E-state index contributed by atoms with van der Waals surface area (Å²) in [5.41, 5.74) is -7.06. The molecule has 2 bridgehead atoms. The van der Waals surface area contributed by atoms with Crippen LogP contribution in [-0.2, 0) is 38.1 Å². The Morgan fingerprint density at radius 1 is 0.864 bits per heavy atom. The number of benzene rings is 3. The molecule has 0 radical (unpaired) electrons. The molecule has 3 aromatic carbocycles. The summed E-state index contributed by atoms with van der Waals surface area (Å²) in [6.07, 6.45) is -8.48. The zero-order chi connectivity index (χ0) is 42.7. The first-order valence-electron chi connectivity index (χ1n) is 19.7. The van der Waals surface area contributed by atoms with E-state index in [1.807, 2.05) is 0 Å². The molecule has 312 valence electrons. The van der Waals surface area contributed by atoms with E-state index in [2.05, 4.69) is 5.32 Å². The van der Waals surface area contributed by atoms with Crippen LogP contribution in [0, 0.1) is 28.6 Å². The monoisotopic (exact) mass is 811 g/mol. The van der Waals surface area contributed by atoms with Crippen LogP contribution in [-0.4, -0.2) is 99.0 Å². The SMILES string of the molecule is CC(=O)O[C@@]12CO[C@@H]1C[C@H](O)[C@@]1(C)C(=O)C(=O)C3C(C)[C@@H](OC(=O)[C@H](O)[C@H](NC(=O)c4ccccc4)c4ccccc4)C[C@@](O)([C@@H](OC(=O)c4ccccc4)[C@H]21)C3(C)C. The molecule has 0 aromatic heterocycles. The molecule has 1 aliphatic heterocycles. The predicted octanol–water partition coefficient (Wildman–Crippen LogP) is 3.31. The second kappa shape index (κ2) is 15.4. The first kappa shape index (κ1) is 41.9. The van der Waals surface area contributed by atoms with Crippen LogP contribution in [0.1, 0.15) is 79.8 Å². The van der Waals surface area contributed by atoms with Crippen molar-refractivity contribution >= 4 is 35.4 Å². The number of rotatable bonds is 9. The lowest BCUT2D eigenvalue weighted by Gasteiger charge is -2.67. The number of esters is 3. The highest BCUT2D eigenvalue weighted by Gasteiger charge is 2.79. The summed E-state index contributed by atoms with van der Waals surface area (Å²) in [6, 6.07) is 23.0. The van der Waals surface area contributed by atoms with Crippen molar-refractivity contribution in [3.8, 4) is 0 Å². The van der Waals surface area contributed by atoms with E-state index in [4.69, 9.17) is 18.9 Å². The number of hydrogen-bond acceptors (Lipinski definition) is 13. The molecule has 14 nitrogen and oxygen atoms in total. The van der Waals surface area contributed by atoms with Gasteiger partial charge in [0.05, 0.1) is 35.6 Å². The van der Waals surface area contributed by atoms with Gasteiger partial charge < -0.3 is 39.6 Å². The minimum absolute atomic E-state index is 0.0794. The number of ether oxygens (including phenoxy) is 4. The van der Waals surface area contributed by atoms with Crippen molar-refractivity contribution < 1.29 is 63.0 Å². The molecule has 1 heterocycles. The summed E-state index contributed by atoms with van der Waals surface area (Å²) in [7, 11) is 0. The lowest BCUT2D eigenvalue weighted by Crippen LogP contribution is -2.82. The number of aliphatic hydroxyl groups is 3. The van der Waals surface area contributed by atoms with Crippen molar-refractivity contribution in [3.63, 3.8) is 0 Å². The summed E-state index contributed by atoms with van der Waals surface area (Å²) < 4.78 is 24.2. The van der Waals surface area contributed by atoms with Crippen molar-refractivity contribution in [2.75, 3.05) is 6.61 Å². The summed E-state index contributed by atoms with van der Waals surface area (Å²) in [5.74, 6) is -9.44. The Bertz CT molecular complexity index is 2130. The molecule has 14 heteroatoms. The van der Waals surface area contributed by atoms with Gasteiger partial charge in [-0.2, -0.15) is 0 Å². The lowest BCUT2D eigenvalue weighted by molar-refractivity contribution is -0.350. The molecule has 0 spiro atoms. The normalized spacial score (nSPS) is 34.2. The van der Waals surface area contributed by atoms with Crippen molar-refractivity contribution in [2.45, 2.75) is 95.2 Å². The van der Waals surface area contributed by atoms with E-state index in [0.717, 1.165) is 6.92 Å². The minimum atomic E-state index is -2.35. The summed E-state index contributed by atoms with van der Waals surface area (Å²) >= 11 is 0. The van der Waals surface area contributed by atoms with Gasteiger partial charge in [-0.3, -0.25) is 19.2 Å². The highest BCUT2D eigenvalue weighted by molar-refractivity contribution is 6.40. The van der Waals surface area contributed by atoms with Gasteiger partial charge in [0.2, 0.25) is 11.6 Å². The van der Waals surface area contributed by atoms with Crippen molar-refractivity contribution in [1.82, 2.24) is 5.32 Å². The standard InChI is InChI=1S/C45H49NO13/c1-24-29(57-41(54)35(50)33(26-15-9-6-10-16-26)46-39(52)27-17-11-7-12-18-27)22-45(55)38(58-40(53)28-19-13-8-14-20-28)36-43(5,37(51)34(49)32(24)42(45,3)4)30(48)21-31-44(36,23-56-31)59-25(2)47/h6-20,24,29-33,35-36,38,48,50,55H,21-23H2,1-5H3,(H,46,52)/t24?,29-,30-,31+,32?,33+,35+,36-,38-,43+,44-,45+/m0/s1. The van der Waals surface area contributed by atoms with E-state index < -0.39 is 118 Å². The van der Waals surface area contributed by atoms with Gasteiger partial charge in [-0.1, -0.05) is 87.5 Å². The number of carbonyl (C=O) groups excluding carboxylic acids is 6. The van der Waals surface area contributed by atoms with E-state index >= 15 is 0 Å². The van der Waals surface area contributed by atoms with Gasteiger partial charge in [-0.05, 0) is 36.8 Å². The number of nitrogens with one attached hydrogen (secondary N) is 1. The highest BCUT2D eigenvalue weighted by Crippen LogP contribution is 2.64. The average Bonchev–Trinajstić information content (AvgIpc) is 3.21. The van der Waals surface area contributed by atoms with E-state index in [9.17, 15) is 44.1 Å². The quantitative estimate of drug-likeness (QED) is 0.139. The van der Waals surface area contributed by atoms with Crippen LogP contribution >= 0.6 is 0 Å². The lowest BCUT2D eigenvalue weighted by atomic mass is 9.42. The fourth-order valence-electron chi connectivity index (χ4n) is 10.2. The number of ketones is 2. The third-order valence-electron chi connectivity index (χ3n) is 13.5. The molecule has 1 amide bonds. The van der Waals surface area contributed by atoms with Gasteiger partial charge >= 0.3 is 17.9 Å². The van der Waals surface area contributed by atoms with Crippen LogP contribution in [0.15, 0.2) is 91.0 Å². The Balaban J connectivity index is 1.32. The van der Waals surface area contributed by atoms with Crippen LogP contribution < -0.4 is 5.32 Å². The van der Waals surface area contributed by atoms with Crippen LogP contribution in [0.3, 0.4) is 0 Å². The number of aliphatic hydroxyl groups excluding tert-OH is 2. The van der Waals surface area contributed by atoms with E-state index in [1.54, 1.807) is 99.6 Å². The molecule has 12 atom stereocenters. The van der Waals surface area contributed by atoms with E-state index in [-0.39, 0.29) is 24.2 Å². The second-order valence-electron chi connectivity index (χ2n) is 17.1. The Morgan fingerprint density at radius 2 is 1.44 bits per heavy atom. The zero-order valence-corrected chi connectivity index (χ0v) is 33.4. The molecule has 3 saturated carbocycles. The third kappa shape index (κ3) is 6.75. The van der Waals surface area contributed by atoms with Gasteiger partial charge in [0, 0.05) is 42.6 Å². The van der Waals surface area contributed by atoms with E-state index in [1.165, 1.54) is 19.1 Å². The van der Waals surface area contributed by atoms with Crippen molar-refractivity contribution in [3.05, 3.63) is 108 Å². The summed E-state index contributed by atoms with van der Waals surface area (Å²) in [5, 5.41) is 39.7. The molecule has 3 aliphatic carbocycles. The fraction of sp³-hybridized carbons (Fsp3) is 0.467. The maximum atomic E-state index is 14.9. The molecular weight excluding hydrogens is 762 g/mol. The van der Waals surface area contributed by atoms with Gasteiger partial charge in [0.25, 0.3) is 5.91 Å². The van der Waals surface area contributed by atoms with Crippen molar-refractivity contribution in [1.29, 1.82) is 0 Å². The van der Waals surface area contributed by atoms with Crippen LogP contribution in [0.4, 0.5) is 0 Å². The van der Waals surface area contributed by atoms with Gasteiger partial charge in [0.15, 0.2) is 11.7 Å². The number of hydrogen-bond donors (Lipinski definition) is 4. The average molecular weight is 812 g/mol. The first-order valence-corrected chi connectivity index (χ1v) is 19.7. The van der Waals surface area contributed by atoms with Gasteiger partial charge in [0.1, 0.15) is 23.9 Å². The molecule has 4 fully saturated rings. The van der Waals surface area contributed by atoms with Crippen LogP contribution in [0.5, 0.6) is 0 Å². The van der Waals surface area contributed by atoms with E-state index in [0.29, 0.717) is 5.56 Å². The van der Waals surface area contributed by atoms with Gasteiger partial charge in [-0.15, -0.1) is 0 Å². The molecule has 3 aromatic rings. The largest absolute Gasteiger partial charge is 0.460 e. The van der Waals surface area contributed by atoms with Gasteiger partial charge in [-0.25, -0.2) is 9.59 Å². The topological polar surface area (TPSA) is 212 Å². The Kier molecular flexibility index (Phi) is 10.9. The highest BCUT2D eigenvalue weighted by atomic mass is 16.6. The van der Waals surface area contributed by atoms with Crippen LogP contribution in [0.2, 0.25) is 0 Å². The molecule has 1 saturated heterocycles. The molecule has 59 heavy (non-hydrogen) atoms. The van der Waals surface area contributed by atoms with Crippen molar-refractivity contribution in [2.24, 2.45) is 28.6 Å². The third-order valence-corrected chi connectivity index (χ3v) is 13.5. The zero-order valence-electron chi connectivity index (χ0n) is 33.4. The first-order chi connectivity index (χ1) is 27.9. The second-order valence-corrected chi connectivity index (χ2v) is 17.1. The maximum absolute atomic E-state index is 14.9. The molecule has 7 rings (SSSR count). The fourth-order valence-corrected chi connectivity index (χ4v) is 10.2. The smallest absolute Gasteiger partial charge is 0.338 e. The Morgan fingerprint density at radius 3 is 2.00 bits per heavy atom. The number of Topliss-reactive ketones (excluding diaryl/α,β-unsaturated/α-hetero) is 2. The Hall–Kier alpha value is -5.28.